The summed E-state index contributed by atoms with van der Waals surface area (Å²) in [6.45, 7) is 6.20. The van der Waals surface area contributed by atoms with Gasteiger partial charge in [0, 0.05) is 69.3 Å². The molecular formula is C24H28N4O2. The van der Waals surface area contributed by atoms with E-state index < -0.39 is 0 Å². The van der Waals surface area contributed by atoms with Gasteiger partial charge in [0.25, 0.3) is 0 Å². The van der Waals surface area contributed by atoms with Gasteiger partial charge in [-0.15, -0.1) is 0 Å². The second-order valence-corrected chi connectivity index (χ2v) is 7.73. The highest BCUT2D eigenvalue weighted by Gasteiger charge is 2.22. The number of ether oxygens (including phenoxy) is 1. The summed E-state index contributed by atoms with van der Waals surface area (Å²) in [6.07, 6.45) is 5.27. The number of hydrogen-bond donors (Lipinski definition) is 1. The van der Waals surface area contributed by atoms with E-state index in [1.54, 1.807) is 4.90 Å². The number of H-pyrrole nitrogens is 1. The first-order chi connectivity index (χ1) is 14.7. The molecule has 4 rings (SSSR count). The molecule has 1 N–H and O–H groups in total. The third-order valence-corrected chi connectivity index (χ3v) is 5.61. The van der Waals surface area contributed by atoms with Gasteiger partial charge in [0.1, 0.15) is 5.75 Å². The minimum Gasteiger partial charge on any atom is -0.410 e. The van der Waals surface area contributed by atoms with E-state index in [9.17, 15) is 4.79 Å². The van der Waals surface area contributed by atoms with Crippen LogP contribution in [0.5, 0.6) is 5.75 Å². The zero-order chi connectivity index (χ0) is 20.8. The minimum absolute atomic E-state index is 0.271. The maximum absolute atomic E-state index is 12.5. The predicted molar refractivity (Wildman–Crippen MR) is 117 cm³/mol. The van der Waals surface area contributed by atoms with Gasteiger partial charge < -0.3 is 14.6 Å². The van der Waals surface area contributed by atoms with Crippen molar-refractivity contribution in [3.8, 4) is 5.75 Å². The lowest BCUT2D eigenvalue weighted by atomic mass is 10.1. The van der Waals surface area contributed by atoms with E-state index in [2.05, 4.69) is 33.9 Å². The number of pyridine rings is 1. The van der Waals surface area contributed by atoms with Crippen LogP contribution in [-0.4, -0.2) is 58.6 Å². The van der Waals surface area contributed by atoms with Crippen LogP contribution in [-0.2, 0) is 12.8 Å². The summed E-state index contributed by atoms with van der Waals surface area (Å²) < 4.78 is 5.58. The molecule has 1 aliphatic rings. The second kappa shape index (κ2) is 9.59. The van der Waals surface area contributed by atoms with Crippen molar-refractivity contribution in [2.75, 3.05) is 32.7 Å². The highest BCUT2D eigenvalue weighted by molar-refractivity contribution is 5.70. The number of piperazine rings is 1. The normalized spacial score (nSPS) is 14.6. The molecule has 0 radical (unpaired) electrons. The van der Waals surface area contributed by atoms with Gasteiger partial charge in [0.15, 0.2) is 0 Å². The molecule has 0 spiro atoms. The number of amides is 1. The van der Waals surface area contributed by atoms with Crippen LogP contribution in [0.3, 0.4) is 0 Å². The smallest absolute Gasteiger partial charge is 0.410 e. The first kappa shape index (κ1) is 20.2. The third-order valence-electron chi connectivity index (χ3n) is 5.61. The van der Waals surface area contributed by atoms with E-state index in [-0.39, 0.29) is 6.09 Å². The average Bonchev–Trinajstić information content (AvgIpc) is 3.29. The Kier molecular flexibility index (Phi) is 6.44. The number of nitrogens with one attached hydrogen (secondary N) is 1. The first-order valence-corrected chi connectivity index (χ1v) is 10.5. The summed E-state index contributed by atoms with van der Waals surface area (Å²) in [5.41, 5.74) is 4.64. The molecule has 3 aromatic rings. The predicted octanol–water partition coefficient (Wildman–Crippen LogP) is 3.67. The van der Waals surface area contributed by atoms with Crippen LogP contribution in [0.4, 0.5) is 4.79 Å². The number of nitrogens with zero attached hydrogens (tertiary/aromatic N) is 3. The molecule has 3 heterocycles. The Morgan fingerprint density at radius 1 is 1.07 bits per heavy atom. The summed E-state index contributed by atoms with van der Waals surface area (Å²) >= 11 is 0. The van der Waals surface area contributed by atoms with Crippen LogP contribution in [0.2, 0.25) is 0 Å². The van der Waals surface area contributed by atoms with Gasteiger partial charge in [-0.2, -0.15) is 0 Å². The van der Waals surface area contributed by atoms with Crippen molar-refractivity contribution in [3.05, 3.63) is 83.4 Å². The molecule has 6 nitrogen and oxygen atoms in total. The van der Waals surface area contributed by atoms with Gasteiger partial charge in [0.05, 0.1) is 0 Å². The highest BCUT2D eigenvalue weighted by atomic mass is 16.6. The first-order valence-electron chi connectivity index (χ1n) is 10.5. The van der Waals surface area contributed by atoms with Crippen LogP contribution >= 0.6 is 0 Å². The average molecular weight is 405 g/mol. The Labute approximate surface area is 177 Å². The standard InChI is InChI=1S/C24H28N4O2/c1-19-4-2-12-26-23(19)18-20-6-8-22(9-7-20)30-24(29)28-16-14-27(15-17-28)13-10-21-5-3-11-25-21/h2-9,11-12,25H,10,13-18H2,1H3. The molecule has 1 aromatic carbocycles. The summed E-state index contributed by atoms with van der Waals surface area (Å²) in [5.74, 6) is 0.579. The lowest BCUT2D eigenvalue weighted by Gasteiger charge is -2.33. The number of carbonyl (C=O) groups excluding carboxylic acids is 1. The van der Waals surface area contributed by atoms with Crippen LogP contribution in [0.15, 0.2) is 60.9 Å². The van der Waals surface area contributed by atoms with Crippen molar-refractivity contribution in [1.29, 1.82) is 0 Å². The maximum atomic E-state index is 12.5. The minimum atomic E-state index is -0.271. The number of aromatic nitrogens is 2. The highest BCUT2D eigenvalue weighted by Crippen LogP contribution is 2.17. The van der Waals surface area contributed by atoms with Gasteiger partial charge >= 0.3 is 6.09 Å². The van der Waals surface area contributed by atoms with Gasteiger partial charge in [-0.25, -0.2) is 4.79 Å². The zero-order valence-electron chi connectivity index (χ0n) is 17.4. The maximum Gasteiger partial charge on any atom is 0.415 e. The lowest BCUT2D eigenvalue weighted by molar-refractivity contribution is 0.111. The molecule has 1 saturated heterocycles. The molecule has 1 aliphatic heterocycles. The van der Waals surface area contributed by atoms with E-state index in [0.717, 1.165) is 43.7 Å². The number of aryl methyl sites for hydroxylation is 1. The molecule has 0 bridgehead atoms. The Balaban J connectivity index is 1.23. The third kappa shape index (κ3) is 5.27. The van der Waals surface area contributed by atoms with Gasteiger partial charge in [0.2, 0.25) is 0 Å². The van der Waals surface area contributed by atoms with Crippen LogP contribution in [0.25, 0.3) is 0 Å². The van der Waals surface area contributed by atoms with E-state index in [1.807, 2.05) is 48.8 Å². The molecule has 2 aromatic heterocycles. The Morgan fingerprint density at radius 2 is 1.87 bits per heavy atom. The molecule has 6 heteroatoms. The van der Waals surface area contributed by atoms with Crippen molar-refractivity contribution < 1.29 is 9.53 Å². The van der Waals surface area contributed by atoms with Gasteiger partial charge in [-0.3, -0.25) is 9.88 Å². The fourth-order valence-electron chi connectivity index (χ4n) is 3.69. The summed E-state index contributed by atoms with van der Waals surface area (Å²) in [7, 11) is 0. The van der Waals surface area contributed by atoms with Gasteiger partial charge in [-0.05, 0) is 48.4 Å². The van der Waals surface area contributed by atoms with Crippen molar-refractivity contribution >= 4 is 6.09 Å². The molecular weight excluding hydrogens is 376 g/mol. The van der Waals surface area contributed by atoms with Crippen LogP contribution < -0.4 is 4.74 Å². The summed E-state index contributed by atoms with van der Waals surface area (Å²) in [6, 6.07) is 15.9. The number of carbonyl (C=O) groups is 1. The molecule has 0 atom stereocenters. The fourth-order valence-corrected chi connectivity index (χ4v) is 3.69. The number of rotatable bonds is 6. The monoisotopic (exact) mass is 404 g/mol. The Bertz CT molecular complexity index is 946. The fraction of sp³-hybridized carbons (Fsp3) is 0.333. The topological polar surface area (TPSA) is 61.5 Å². The quantitative estimate of drug-likeness (QED) is 0.681. The van der Waals surface area contributed by atoms with Gasteiger partial charge in [-0.1, -0.05) is 18.2 Å². The van der Waals surface area contributed by atoms with Crippen LogP contribution in [0.1, 0.15) is 22.5 Å². The molecule has 0 unspecified atom stereocenters. The molecule has 156 valence electrons. The molecule has 30 heavy (non-hydrogen) atoms. The van der Waals surface area contributed by atoms with Crippen LogP contribution in [0, 0.1) is 6.92 Å². The SMILES string of the molecule is Cc1cccnc1Cc1ccc(OC(=O)N2CCN(CCc3ccc[nH]3)CC2)cc1. The number of aromatic amines is 1. The number of benzene rings is 1. The van der Waals surface area contributed by atoms with E-state index >= 15 is 0 Å². The van der Waals surface area contributed by atoms with Crippen molar-refractivity contribution in [2.24, 2.45) is 0 Å². The second-order valence-electron chi connectivity index (χ2n) is 7.73. The molecule has 1 amide bonds. The van der Waals surface area contributed by atoms with E-state index in [0.29, 0.717) is 18.8 Å². The summed E-state index contributed by atoms with van der Waals surface area (Å²) in [5, 5.41) is 0. The van der Waals surface area contributed by atoms with E-state index in [4.69, 9.17) is 4.74 Å². The van der Waals surface area contributed by atoms with E-state index in [1.165, 1.54) is 11.3 Å². The lowest BCUT2D eigenvalue weighted by Crippen LogP contribution is -2.49. The molecule has 0 aliphatic carbocycles. The Hall–Kier alpha value is -3.12. The zero-order valence-corrected chi connectivity index (χ0v) is 17.4. The molecule has 1 fully saturated rings. The Morgan fingerprint density at radius 3 is 2.57 bits per heavy atom. The molecule has 0 saturated carbocycles. The summed E-state index contributed by atoms with van der Waals surface area (Å²) in [4.78, 5) is 24.4. The van der Waals surface area contributed by atoms with Crippen molar-refractivity contribution in [3.63, 3.8) is 0 Å². The largest absolute Gasteiger partial charge is 0.415 e. The number of hydrogen-bond acceptors (Lipinski definition) is 4. The van der Waals surface area contributed by atoms with Crippen molar-refractivity contribution in [1.82, 2.24) is 19.8 Å². The van der Waals surface area contributed by atoms with Crippen molar-refractivity contribution in [2.45, 2.75) is 19.8 Å².